The predicted octanol–water partition coefficient (Wildman–Crippen LogP) is 3.22. The molecule has 0 aliphatic carbocycles. The van der Waals surface area contributed by atoms with E-state index < -0.39 is 5.25 Å². The summed E-state index contributed by atoms with van der Waals surface area (Å²) in [7, 11) is 0. The number of benzene rings is 1. The van der Waals surface area contributed by atoms with Crippen LogP contribution in [0.2, 0.25) is 0 Å². The summed E-state index contributed by atoms with van der Waals surface area (Å²) >= 11 is 4.63. The first-order valence-corrected chi connectivity index (χ1v) is 10.0. The lowest BCUT2D eigenvalue weighted by Crippen LogP contribution is -2.25. The normalized spacial score (nSPS) is 13.7. The molecule has 2 N–H and O–H groups in total. The maximum Gasteiger partial charge on any atom is 0.238 e. The van der Waals surface area contributed by atoms with Crippen molar-refractivity contribution in [2.45, 2.75) is 19.1 Å². The largest absolute Gasteiger partial charge is 0.486 e. The van der Waals surface area contributed by atoms with E-state index in [0.717, 1.165) is 0 Å². The second-order valence-corrected chi connectivity index (χ2v) is 7.97. The van der Waals surface area contributed by atoms with Gasteiger partial charge in [0.25, 0.3) is 0 Å². The molecule has 0 saturated heterocycles. The van der Waals surface area contributed by atoms with E-state index in [1.165, 1.54) is 11.8 Å². The molecular weight excluding hydrogens is 438 g/mol. The van der Waals surface area contributed by atoms with E-state index in [4.69, 9.17) is 14.0 Å². The van der Waals surface area contributed by atoms with Gasteiger partial charge in [0.15, 0.2) is 17.3 Å². The lowest BCUT2D eigenvalue weighted by Gasteiger charge is -2.20. The number of nitrogens with one attached hydrogen (secondary N) is 2. The molecule has 0 saturated carbocycles. The molecule has 10 heteroatoms. The Morgan fingerprint density at radius 1 is 1.22 bits per heavy atom. The number of aromatic nitrogens is 1. The molecule has 0 unspecified atom stereocenters. The van der Waals surface area contributed by atoms with Crippen LogP contribution >= 0.6 is 27.7 Å². The Kier molecular flexibility index (Phi) is 6.27. The Balaban J connectivity index is 1.51. The van der Waals surface area contributed by atoms with Gasteiger partial charge in [-0.1, -0.05) is 5.16 Å². The molecule has 2 amide bonds. The quantitative estimate of drug-likeness (QED) is 0.688. The van der Waals surface area contributed by atoms with E-state index in [9.17, 15) is 9.59 Å². The second-order valence-electron chi connectivity index (χ2n) is 5.79. The number of anilines is 2. The number of fused-ring (bicyclic) bond motifs is 1. The molecule has 27 heavy (non-hydrogen) atoms. The number of amides is 2. The van der Waals surface area contributed by atoms with Gasteiger partial charge in [-0.2, -0.15) is 0 Å². The molecule has 1 aliphatic heterocycles. The Hall–Kier alpha value is -2.20. The van der Waals surface area contributed by atoms with Crippen LogP contribution in [0.3, 0.4) is 0 Å². The van der Waals surface area contributed by atoms with Crippen molar-refractivity contribution in [3.8, 4) is 11.5 Å². The number of nitrogens with zero attached hydrogens (tertiary/aromatic N) is 1. The molecular formula is C17H18BrN3O5S. The van der Waals surface area contributed by atoms with Gasteiger partial charge in [0, 0.05) is 22.7 Å². The minimum Gasteiger partial charge on any atom is -0.486 e. The van der Waals surface area contributed by atoms with Gasteiger partial charge in [-0.25, -0.2) is 0 Å². The highest BCUT2D eigenvalue weighted by molar-refractivity contribution is 9.10. The monoisotopic (exact) mass is 455 g/mol. The Bertz CT molecular complexity index is 857. The minimum absolute atomic E-state index is 0.118. The van der Waals surface area contributed by atoms with Crippen molar-refractivity contribution in [3.05, 3.63) is 28.4 Å². The third-order valence-electron chi connectivity index (χ3n) is 3.62. The smallest absolute Gasteiger partial charge is 0.238 e. The van der Waals surface area contributed by atoms with Crippen molar-refractivity contribution in [1.82, 2.24) is 5.16 Å². The molecule has 144 valence electrons. The van der Waals surface area contributed by atoms with E-state index in [-0.39, 0.29) is 17.6 Å². The van der Waals surface area contributed by atoms with E-state index in [2.05, 4.69) is 31.7 Å². The van der Waals surface area contributed by atoms with Crippen LogP contribution in [-0.2, 0) is 9.59 Å². The minimum atomic E-state index is -0.434. The van der Waals surface area contributed by atoms with Crippen LogP contribution in [0.25, 0.3) is 0 Å². The average molecular weight is 456 g/mol. The third-order valence-corrected chi connectivity index (χ3v) is 5.42. The number of rotatable bonds is 6. The van der Waals surface area contributed by atoms with Gasteiger partial charge in [0.05, 0.1) is 16.7 Å². The predicted molar refractivity (Wildman–Crippen MR) is 106 cm³/mol. The van der Waals surface area contributed by atoms with Gasteiger partial charge >= 0.3 is 0 Å². The zero-order valence-electron chi connectivity index (χ0n) is 14.7. The number of hydrogen-bond donors (Lipinski definition) is 2. The van der Waals surface area contributed by atoms with Crippen molar-refractivity contribution < 1.29 is 23.6 Å². The summed E-state index contributed by atoms with van der Waals surface area (Å²) in [4.78, 5) is 24.4. The van der Waals surface area contributed by atoms with Crippen LogP contribution in [0.1, 0.15) is 12.7 Å². The highest BCUT2D eigenvalue weighted by atomic mass is 79.9. The van der Waals surface area contributed by atoms with Crippen molar-refractivity contribution in [3.63, 3.8) is 0 Å². The van der Waals surface area contributed by atoms with Crippen LogP contribution in [0.15, 0.2) is 27.2 Å². The highest BCUT2D eigenvalue weighted by Crippen LogP contribution is 2.38. The Morgan fingerprint density at radius 3 is 2.59 bits per heavy atom. The fourth-order valence-corrected chi connectivity index (χ4v) is 3.38. The van der Waals surface area contributed by atoms with E-state index in [1.54, 1.807) is 32.0 Å². The van der Waals surface area contributed by atoms with Crippen LogP contribution in [0, 0.1) is 6.92 Å². The SMILES string of the molecule is Cc1cc(NC(=O)[C@H](C)SCC(=O)Nc2cc3c(cc2Br)OCCO3)no1. The van der Waals surface area contributed by atoms with Crippen molar-refractivity contribution in [1.29, 1.82) is 0 Å². The third kappa shape index (κ3) is 5.16. The molecule has 2 aromatic rings. The lowest BCUT2D eigenvalue weighted by atomic mass is 10.2. The summed E-state index contributed by atoms with van der Waals surface area (Å²) in [5, 5.41) is 8.73. The van der Waals surface area contributed by atoms with Gasteiger partial charge in [-0.05, 0) is 29.8 Å². The lowest BCUT2D eigenvalue weighted by molar-refractivity contribution is -0.115. The fourth-order valence-electron chi connectivity index (χ4n) is 2.28. The molecule has 0 fully saturated rings. The summed E-state index contributed by atoms with van der Waals surface area (Å²) in [6.45, 7) is 4.42. The first-order chi connectivity index (χ1) is 12.9. The Labute approximate surface area is 168 Å². The standard InChI is InChI=1S/C17H18BrN3O5S/c1-9-5-15(21-26-9)20-17(23)10(2)27-8-16(22)19-12-7-14-13(6-11(12)18)24-3-4-25-14/h5-7,10H,3-4,8H2,1-2H3,(H,19,22)(H,20,21,23)/t10-/m0/s1. The molecule has 3 rings (SSSR count). The van der Waals surface area contributed by atoms with Crippen molar-refractivity contribution in [2.24, 2.45) is 0 Å². The van der Waals surface area contributed by atoms with Crippen LogP contribution in [-0.4, -0.2) is 41.2 Å². The van der Waals surface area contributed by atoms with Gasteiger partial charge in [-0.15, -0.1) is 11.8 Å². The van der Waals surface area contributed by atoms with Crippen molar-refractivity contribution >= 4 is 51.0 Å². The Morgan fingerprint density at radius 2 is 1.93 bits per heavy atom. The van der Waals surface area contributed by atoms with Gasteiger partial charge in [0.2, 0.25) is 11.8 Å². The maximum atomic E-state index is 12.2. The highest BCUT2D eigenvalue weighted by Gasteiger charge is 2.19. The number of carbonyl (C=O) groups is 2. The molecule has 1 aromatic heterocycles. The summed E-state index contributed by atoms with van der Waals surface area (Å²) in [6.07, 6.45) is 0. The van der Waals surface area contributed by atoms with Crippen LogP contribution in [0.4, 0.5) is 11.5 Å². The molecule has 0 radical (unpaired) electrons. The molecule has 2 heterocycles. The fraction of sp³-hybridized carbons (Fsp3) is 0.353. The van der Waals surface area contributed by atoms with Crippen molar-refractivity contribution in [2.75, 3.05) is 29.6 Å². The average Bonchev–Trinajstić information content (AvgIpc) is 3.05. The summed E-state index contributed by atoms with van der Waals surface area (Å²) in [6, 6.07) is 5.10. The number of halogens is 1. The number of ether oxygens (including phenoxy) is 2. The first kappa shape index (κ1) is 19.6. The van der Waals surface area contributed by atoms with Gasteiger partial charge in [-0.3, -0.25) is 9.59 Å². The molecule has 0 spiro atoms. The van der Waals surface area contributed by atoms with E-state index in [0.29, 0.717) is 46.5 Å². The zero-order chi connectivity index (χ0) is 19.4. The number of carbonyl (C=O) groups excluding carboxylic acids is 2. The topological polar surface area (TPSA) is 103 Å². The number of thioether (sulfide) groups is 1. The number of hydrogen-bond acceptors (Lipinski definition) is 7. The molecule has 1 aliphatic rings. The summed E-state index contributed by atoms with van der Waals surface area (Å²) in [5.41, 5.74) is 0.583. The zero-order valence-corrected chi connectivity index (χ0v) is 17.1. The molecule has 0 bridgehead atoms. The maximum absolute atomic E-state index is 12.2. The van der Waals surface area contributed by atoms with Gasteiger partial charge < -0.3 is 24.6 Å². The molecule has 1 aromatic carbocycles. The molecule has 8 nitrogen and oxygen atoms in total. The summed E-state index contributed by atoms with van der Waals surface area (Å²) in [5.74, 6) is 1.82. The number of aryl methyl sites for hydroxylation is 1. The van der Waals surface area contributed by atoms with Crippen LogP contribution in [0.5, 0.6) is 11.5 Å². The van der Waals surface area contributed by atoms with Gasteiger partial charge in [0.1, 0.15) is 19.0 Å². The second kappa shape index (κ2) is 8.66. The first-order valence-electron chi connectivity index (χ1n) is 8.17. The van der Waals surface area contributed by atoms with E-state index >= 15 is 0 Å². The van der Waals surface area contributed by atoms with E-state index in [1.807, 2.05) is 0 Å². The summed E-state index contributed by atoms with van der Waals surface area (Å²) < 4.78 is 16.6. The molecule has 1 atom stereocenters. The van der Waals surface area contributed by atoms with Crippen LogP contribution < -0.4 is 20.1 Å².